The van der Waals surface area contributed by atoms with Gasteiger partial charge >= 0.3 is 12.1 Å². The van der Waals surface area contributed by atoms with E-state index in [1.54, 1.807) is 23.5 Å². The number of aliphatic carboxylic acids is 1. The minimum Gasteiger partial charge on any atom is -0.475 e. The Kier molecular flexibility index (Phi) is 6.45. The zero-order chi connectivity index (χ0) is 18.4. The minimum absolute atomic E-state index is 0.227. The van der Waals surface area contributed by atoms with Crippen LogP contribution in [0.2, 0.25) is 0 Å². The van der Waals surface area contributed by atoms with Gasteiger partial charge in [0.1, 0.15) is 10.8 Å². The fraction of sp³-hybridized carbons (Fsp3) is 0.333. The van der Waals surface area contributed by atoms with Gasteiger partial charge in [-0.15, -0.1) is 11.3 Å². The molecule has 0 atom stereocenters. The number of benzene rings is 1. The second-order valence-corrected chi connectivity index (χ2v) is 5.97. The van der Waals surface area contributed by atoms with Gasteiger partial charge in [0.2, 0.25) is 0 Å². The van der Waals surface area contributed by atoms with Crippen molar-refractivity contribution in [2.75, 3.05) is 13.1 Å². The number of hydrogen-bond acceptors (Lipinski definition) is 5. The highest BCUT2D eigenvalue weighted by Gasteiger charge is 2.38. The molecular weight excluding hydrogens is 364 g/mol. The summed E-state index contributed by atoms with van der Waals surface area (Å²) in [5.74, 6) is -2.98. The lowest BCUT2D eigenvalue weighted by Crippen LogP contribution is -2.48. The number of ether oxygens (including phenoxy) is 1. The van der Waals surface area contributed by atoms with Gasteiger partial charge in [-0.2, -0.15) is 13.2 Å². The van der Waals surface area contributed by atoms with E-state index in [2.05, 4.69) is 10.3 Å². The SMILES string of the molecule is Fc1ccc(-c2csc(COC3CNC3)n2)cc1.O=C(O)C(F)(F)F. The lowest BCUT2D eigenvalue weighted by molar-refractivity contribution is -0.192. The van der Waals surface area contributed by atoms with Crippen LogP contribution in [-0.2, 0) is 16.1 Å². The van der Waals surface area contributed by atoms with Gasteiger partial charge in [-0.05, 0) is 24.3 Å². The van der Waals surface area contributed by atoms with Crippen LogP contribution in [0.4, 0.5) is 17.6 Å². The van der Waals surface area contributed by atoms with Crippen molar-refractivity contribution < 1.29 is 32.2 Å². The van der Waals surface area contributed by atoms with Crippen LogP contribution in [0.1, 0.15) is 5.01 Å². The predicted octanol–water partition coefficient (Wildman–Crippen LogP) is 3.07. The fourth-order valence-corrected chi connectivity index (χ4v) is 2.42. The molecule has 0 saturated carbocycles. The molecule has 0 aliphatic carbocycles. The number of carboxylic acids is 1. The van der Waals surface area contributed by atoms with Crippen molar-refractivity contribution >= 4 is 17.3 Å². The van der Waals surface area contributed by atoms with E-state index in [1.165, 1.54) is 12.1 Å². The van der Waals surface area contributed by atoms with Gasteiger partial charge in [-0.25, -0.2) is 14.2 Å². The first kappa shape index (κ1) is 19.3. The van der Waals surface area contributed by atoms with Gasteiger partial charge < -0.3 is 15.2 Å². The number of halogens is 4. The highest BCUT2D eigenvalue weighted by atomic mass is 32.1. The van der Waals surface area contributed by atoms with Crippen LogP contribution >= 0.6 is 11.3 Å². The average molecular weight is 378 g/mol. The van der Waals surface area contributed by atoms with Gasteiger partial charge in [0.15, 0.2) is 0 Å². The third-order valence-electron chi connectivity index (χ3n) is 3.12. The molecule has 1 aliphatic heterocycles. The van der Waals surface area contributed by atoms with Crippen LogP contribution in [0, 0.1) is 5.82 Å². The van der Waals surface area contributed by atoms with Gasteiger partial charge in [-0.3, -0.25) is 0 Å². The summed E-state index contributed by atoms with van der Waals surface area (Å²) in [6, 6.07) is 6.38. The zero-order valence-electron chi connectivity index (χ0n) is 12.7. The van der Waals surface area contributed by atoms with Crippen LogP contribution in [0.5, 0.6) is 0 Å². The molecule has 1 aliphatic rings. The van der Waals surface area contributed by atoms with Crippen LogP contribution in [0.15, 0.2) is 29.6 Å². The lowest BCUT2D eigenvalue weighted by atomic mass is 10.2. The summed E-state index contributed by atoms with van der Waals surface area (Å²) in [6.45, 7) is 2.41. The highest BCUT2D eigenvalue weighted by molar-refractivity contribution is 7.09. The molecule has 1 fully saturated rings. The molecule has 3 rings (SSSR count). The Morgan fingerprint density at radius 2 is 1.92 bits per heavy atom. The Labute approximate surface area is 144 Å². The van der Waals surface area contributed by atoms with E-state index >= 15 is 0 Å². The number of carboxylic acid groups (broad SMARTS) is 1. The van der Waals surface area contributed by atoms with Gasteiger partial charge in [-0.1, -0.05) is 0 Å². The summed E-state index contributed by atoms with van der Waals surface area (Å²) < 4.78 is 50.2. The maximum atomic E-state index is 12.8. The first-order valence-electron chi connectivity index (χ1n) is 7.08. The first-order chi connectivity index (χ1) is 11.8. The fourth-order valence-electron chi connectivity index (χ4n) is 1.70. The number of aromatic nitrogens is 1. The average Bonchev–Trinajstić information content (AvgIpc) is 2.95. The quantitative estimate of drug-likeness (QED) is 0.801. The number of nitrogens with one attached hydrogen (secondary N) is 1. The summed E-state index contributed by atoms with van der Waals surface area (Å²) >= 11 is 1.57. The standard InChI is InChI=1S/C13H13FN2OS.C2HF3O2/c14-10-3-1-9(2-4-10)12-8-18-13(16-12)7-17-11-5-15-6-11;3-2(4,5)1(6)7/h1-4,8,11,15H,5-7H2;(H,6,7). The van der Waals surface area contributed by atoms with E-state index in [-0.39, 0.29) is 5.82 Å². The molecule has 0 bridgehead atoms. The molecule has 0 amide bonds. The molecule has 5 nitrogen and oxygen atoms in total. The molecule has 0 spiro atoms. The lowest BCUT2D eigenvalue weighted by Gasteiger charge is -2.26. The van der Waals surface area contributed by atoms with Crippen molar-refractivity contribution in [3.8, 4) is 11.3 Å². The summed E-state index contributed by atoms with van der Waals surface area (Å²) in [5, 5.41) is 13.2. The number of carbonyl (C=O) groups is 1. The van der Waals surface area contributed by atoms with Crippen molar-refractivity contribution in [2.24, 2.45) is 0 Å². The topological polar surface area (TPSA) is 71.5 Å². The predicted molar refractivity (Wildman–Crippen MR) is 82.6 cm³/mol. The number of rotatable bonds is 4. The second-order valence-electron chi connectivity index (χ2n) is 5.03. The zero-order valence-corrected chi connectivity index (χ0v) is 13.5. The molecule has 25 heavy (non-hydrogen) atoms. The summed E-state index contributed by atoms with van der Waals surface area (Å²) in [5.41, 5.74) is 1.81. The van der Waals surface area contributed by atoms with Crippen molar-refractivity contribution in [1.29, 1.82) is 0 Å². The van der Waals surface area contributed by atoms with Crippen molar-refractivity contribution in [3.05, 3.63) is 40.5 Å². The van der Waals surface area contributed by atoms with E-state index in [1.807, 2.05) is 5.38 Å². The molecule has 1 saturated heterocycles. The van der Waals surface area contributed by atoms with Crippen molar-refractivity contribution in [3.63, 3.8) is 0 Å². The monoisotopic (exact) mass is 378 g/mol. The minimum atomic E-state index is -5.08. The van der Waals surface area contributed by atoms with E-state index in [9.17, 15) is 17.6 Å². The van der Waals surface area contributed by atoms with E-state index in [0.717, 1.165) is 29.4 Å². The highest BCUT2D eigenvalue weighted by Crippen LogP contribution is 2.23. The Bertz CT molecular complexity index is 700. The smallest absolute Gasteiger partial charge is 0.475 e. The van der Waals surface area contributed by atoms with Gasteiger partial charge in [0.25, 0.3) is 0 Å². The number of nitrogens with zero attached hydrogens (tertiary/aromatic N) is 1. The molecule has 1 aromatic carbocycles. The molecule has 2 N–H and O–H groups in total. The first-order valence-corrected chi connectivity index (χ1v) is 7.96. The third kappa shape index (κ3) is 6.07. The molecule has 136 valence electrons. The molecule has 0 radical (unpaired) electrons. The van der Waals surface area contributed by atoms with Crippen LogP contribution in [0.3, 0.4) is 0 Å². The Balaban J connectivity index is 0.000000277. The summed E-state index contributed by atoms with van der Waals surface area (Å²) in [7, 11) is 0. The Morgan fingerprint density at radius 1 is 1.32 bits per heavy atom. The number of hydrogen-bond donors (Lipinski definition) is 2. The normalized spacial score (nSPS) is 14.4. The van der Waals surface area contributed by atoms with Crippen molar-refractivity contribution in [1.82, 2.24) is 10.3 Å². The Hall–Kier alpha value is -2.04. The van der Waals surface area contributed by atoms with E-state index < -0.39 is 12.1 Å². The van der Waals surface area contributed by atoms with Crippen molar-refractivity contribution in [2.45, 2.75) is 18.9 Å². The maximum Gasteiger partial charge on any atom is 0.490 e. The van der Waals surface area contributed by atoms with Gasteiger partial charge in [0.05, 0.1) is 18.4 Å². The molecule has 0 unspecified atom stereocenters. The largest absolute Gasteiger partial charge is 0.490 e. The van der Waals surface area contributed by atoms with E-state index in [0.29, 0.717) is 12.7 Å². The molecule has 2 aromatic rings. The third-order valence-corrected chi connectivity index (χ3v) is 3.94. The molecular formula is C15H14F4N2O3S. The molecule has 2 heterocycles. The van der Waals surface area contributed by atoms with Crippen LogP contribution in [0.25, 0.3) is 11.3 Å². The van der Waals surface area contributed by atoms with Gasteiger partial charge in [0, 0.05) is 24.0 Å². The molecule has 1 aromatic heterocycles. The van der Waals surface area contributed by atoms with Crippen LogP contribution < -0.4 is 5.32 Å². The molecule has 10 heteroatoms. The summed E-state index contributed by atoms with van der Waals surface area (Å²) in [6.07, 6.45) is -4.76. The second kappa shape index (κ2) is 8.37. The summed E-state index contributed by atoms with van der Waals surface area (Å²) in [4.78, 5) is 13.4. The Morgan fingerprint density at radius 3 is 2.40 bits per heavy atom. The maximum absolute atomic E-state index is 12.8. The number of alkyl halides is 3. The van der Waals surface area contributed by atoms with Crippen LogP contribution in [-0.4, -0.2) is 41.4 Å². The van der Waals surface area contributed by atoms with E-state index in [4.69, 9.17) is 14.6 Å². The number of thiazole rings is 1.